The van der Waals surface area contributed by atoms with Crippen molar-refractivity contribution in [1.82, 2.24) is 0 Å². The molecule has 0 aliphatic carbocycles. The van der Waals surface area contributed by atoms with E-state index in [0.717, 1.165) is 57.8 Å². The highest BCUT2D eigenvalue weighted by atomic mass is 31.2. The van der Waals surface area contributed by atoms with E-state index in [1.54, 1.807) is 0 Å². The molecule has 0 amide bonds. The van der Waals surface area contributed by atoms with Crippen LogP contribution in [-0.4, -0.2) is 65.7 Å². The van der Waals surface area contributed by atoms with Crippen LogP contribution in [0.5, 0.6) is 0 Å². The SMILES string of the molecule is CCCCC/C=C/CCCCCCCC(=O)O[C@H](COC(=O)CCCCCCCCCCCCCCCC)COP(=O)(O)OC[C@@H](O)CO. The van der Waals surface area contributed by atoms with Crippen LogP contribution in [0.3, 0.4) is 0 Å². The monoisotopic (exact) mass is 720 g/mol. The van der Waals surface area contributed by atoms with Gasteiger partial charge in [0.25, 0.3) is 0 Å². The van der Waals surface area contributed by atoms with Crippen LogP contribution < -0.4 is 0 Å². The third-order valence-electron chi connectivity index (χ3n) is 8.42. The number of aliphatic hydroxyl groups is 2. The Morgan fingerprint density at radius 2 is 1.00 bits per heavy atom. The molecule has 0 heterocycles. The van der Waals surface area contributed by atoms with E-state index in [2.05, 4.69) is 30.5 Å². The Kier molecular flexibility index (Phi) is 34.2. The van der Waals surface area contributed by atoms with Crippen molar-refractivity contribution >= 4 is 19.8 Å². The second-order valence-electron chi connectivity index (χ2n) is 13.3. The van der Waals surface area contributed by atoms with Crippen molar-refractivity contribution in [2.75, 3.05) is 26.4 Å². The average Bonchev–Trinajstić information content (AvgIpc) is 3.09. The first-order valence-electron chi connectivity index (χ1n) is 19.6. The Morgan fingerprint density at radius 3 is 1.51 bits per heavy atom. The highest BCUT2D eigenvalue weighted by Crippen LogP contribution is 2.43. The predicted octanol–water partition coefficient (Wildman–Crippen LogP) is 9.67. The lowest BCUT2D eigenvalue weighted by molar-refractivity contribution is -0.161. The molecule has 1 unspecified atom stereocenters. The van der Waals surface area contributed by atoms with Gasteiger partial charge in [0.05, 0.1) is 19.8 Å². The van der Waals surface area contributed by atoms with E-state index < -0.39 is 51.8 Å². The van der Waals surface area contributed by atoms with Gasteiger partial charge in [0.15, 0.2) is 6.10 Å². The summed E-state index contributed by atoms with van der Waals surface area (Å²) >= 11 is 0. The highest BCUT2D eigenvalue weighted by Gasteiger charge is 2.27. The van der Waals surface area contributed by atoms with Gasteiger partial charge in [-0.3, -0.25) is 18.6 Å². The molecule has 0 fully saturated rings. The molecule has 0 aromatic carbocycles. The molecule has 0 aliphatic heterocycles. The molecule has 49 heavy (non-hydrogen) atoms. The fraction of sp³-hybridized carbons (Fsp3) is 0.895. The van der Waals surface area contributed by atoms with Crippen molar-refractivity contribution < 1.29 is 47.8 Å². The average molecular weight is 721 g/mol. The minimum atomic E-state index is -4.61. The Labute approximate surface area is 298 Å². The number of rotatable bonds is 37. The number of phosphoric ester groups is 1. The van der Waals surface area contributed by atoms with Crippen LogP contribution in [0.1, 0.15) is 181 Å². The molecule has 0 saturated heterocycles. The van der Waals surface area contributed by atoms with Crippen molar-refractivity contribution in [2.45, 2.75) is 193 Å². The molecule has 0 spiro atoms. The summed E-state index contributed by atoms with van der Waals surface area (Å²) < 4.78 is 32.6. The van der Waals surface area contributed by atoms with Crippen LogP contribution in [0.15, 0.2) is 12.2 Å². The maximum Gasteiger partial charge on any atom is 0.472 e. The molecule has 0 aromatic heterocycles. The number of allylic oxidation sites excluding steroid dienone is 2. The largest absolute Gasteiger partial charge is 0.472 e. The summed E-state index contributed by atoms with van der Waals surface area (Å²) in [5.74, 6) is -0.929. The number of unbranched alkanes of at least 4 members (excludes halogenated alkanes) is 21. The zero-order chi connectivity index (χ0) is 36.3. The Morgan fingerprint density at radius 1 is 0.592 bits per heavy atom. The van der Waals surface area contributed by atoms with Gasteiger partial charge in [-0.15, -0.1) is 0 Å². The molecule has 3 atom stereocenters. The number of hydrogen-bond acceptors (Lipinski definition) is 9. The summed E-state index contributed by atoms with van der Waals surface area (Å²) in [6.45, 7) is 2.34. The van der Waals surface area contributed by atoms with Crippen molar-refractivity contribution in [3.05, 3.63) is 12.2 Å². The summed E-state index contributed by atoms with van der Waals surface area (Å²) in [7, 11) is -4.61. The maximum atomic E-state index is 12.5. The summed E-state index contributed by atoms with van der Waals surface area (Å²) in [6, 6.07) is 0. The number of carbonyl (C=O) groups is 2. The van der Waals surface area contributed by atoms with Gasteiger partial charge in [0, 0.05) is 12.8 Å². The third-order valence-corrected chi connectivity index (χ3v) is 9.37. The molecule has 0 bridgehead atoms. The van der Waals surface area contributed by atoms with E-state index in [1.807, 2.05) is 0 Å². The van der Waals surface area contributed by atoms with E-state index >= 15 is 0 Å². The Bertz CT molecular complexity index is 837. The molecule has 3 N–H and O–H groups in total. The Balaban J connectivity index is 4.34. The molecule has 0 aromatic rings. The third kappa shape index (κ3) is 34.9. The smallest absolute Gasteiger partial charge is 0.462 e. The van der Waals surface area contributed by atoms with E-state index in [-0.39, 0.29) is 19.4 Å². The van der Waals surface area contributed by atoms with Crippen LogP contribution in [-0.2, 0) is 32.7 Å². The van der Waals surface area contributed by atoms with E-state index in [0.29, 0.717) is 12.8 Å². The molecule has 0 rings (SSSR count). The van der Waals surface area contributed by atoms with Gasteiger partial charge < -0.3 is 24.6 Å². The van der Waals surface area contributed by atoms with Gasteiger partial charge in [-0.1, -0.05) is 142 Å². The normalized spacial score (nSPS) is 14.1. The van der Waals surface area contributed by atoms with Crippen molar-refractivity contribution in [3.8, 4) is 0 Å². The van der Waals surface area contributed by atoms with E-state index in [1.165, 1.54) is 83.5 Å². The highest BCUT2D eigenvalue weighted by molar-refractivity contribution is 7.47. The van der Waals surface area contributed by atoms with Crippen LogP contribution in [0.25, 0.3) is 0 Å². The summed E-state index contributed by atoms with van der Waals surface area (Å²) in [4.78, 5) is 34.8. The number of hydrogen-bond donors (Lipinski definition) is 3. The lowest BCUT2D eigenvalue weighted by Gasteiger charge is -2.20. The molecule has 10 nitrogen and oxygen atoms in total. The first-order valence-corrected chi connectivity index (χ1v) is 21.1. The van der Waals surface area contributed by atoms with Crippen molar-refractivity contribution in [3.63, 3.8) is 0 Å². The van der Waals surface area contributed by atoms with Gasteiger partial charge in [-0.25, -0.2) is 4.57 Å². The zero-order valence-corrected chi connectivity index (χ0v) is 32.1. The second-order valence-corrected chi connectivity index (χ2v) is 14.8. The van der Waals surface area contributed by atoms with E-state index in [9.17, 15) is 24.2 Å². The first kappa shape index (κ1) is 47.7. The van der Waals surface area contributed by atoms with Crippen molar-refractivity contribution in [1.29, 1.82) is 0 Å². The first-order chi connectivity index (χ1) is 23.7. The van der Waals surface area contributed by atoms with Crippen LogP contribution in [0, 0.1) is 0 Å². The quantitative estimate of drug-likeness (QED) is 0.0245. The standard InChI is InChI=1S/C38H73O10P/c1-3-5-7-9-11-13-15-17-18-20-21-23-25-27-29-37(41)45-33-36(34-47-49(43,44)46-32-35(40)31-39)48-38(42)30-28-26-24-22-19-16-14-12-10-8-6-4-2/h12,14,35-36,39-40H,3-11,13,15-34H2,1-2H3,(H,43,44)/b14-12+/t35-,36+/m0/s1. The number of carbonyl (C=O) groups excluding carboxylic acids is 2. The lowest BCUT2D eigenvalue weighted by atomic mass is 10.0. The number of esters is 2. The van der Waals surface area contributed by atoms with Crippen LogP contribution >= 0.6 is 7.82 Å². The van der Waals surface area contributed by atoms with Gasteiger partial charge in [-0.05, 0) is 38.5 Å². The fourth-order valence-corrected chi connectivity index (χ4v) is 6.13. The predicted molar refractivity (Wildman–Crippen MR) is 196 cm³/mol. The molecule has 11 heteroatoms. The van der Waals surface area contributed by atoms with Gasteiger partial charge in [0.1, 0.15) is 12.7 Å². The molecule has 0 aliphatic rings. The second kappa shape index (κ2) is 35.1. The van der Waals surface area contributed by atoms with Crippen molar-refractivity contribution in [2.24, 2.45) is 0 Å². The molecular formula is C38H73O10P. The summed E-state index contributed by atoms with van der Waals surface area (Å²) in [6.07, 6.45) is 30.4. The zero-order valence-electron chi connectivity index (χ0n) is 31.2. The van der Waals surface area contributed by atoms with Gasteiger partial charge in [-0.2, -0.15) is 0 Å². The number of aliphatic hydroxyl groups excluding tert-OH is 2. The van der Waals surface area contributed by atoms with Crippen LogP contribution in [0.4, 0.5) is 0 Å². The summed E-state index contributed by atoms with van der Waals surface area (Å²) in [5, 5.41) is 18.3. The van der Waals surface area contributed by atoms with Crippen LogP contribution in [0.2, 0.25) is 0 Å². The molecule has 290 valence electrons. The Hall–Kier alpha value is -1.29. The minimum absolute atomic E-state index is 0.177. The molecular weight excluding hydrogens is 647 g/mol. The van der Waals surface area contributed by atoms with Gasteiger partial charge >= 0.3 is 19.8 Å². The fourth-order valence-electron chi connectivity index (χ4n) is 5.34. The topological polar surface area (TPSA) is 149 Å². The van der Waals surface area contributed by atoms with E-state index in [4.69, 9.17) is 19.1 Å². The lowest BCUT2D eigenvalue weighted by Crippen LogP contribution is -2.29. The summed E-state index contributed by atoms with van der Waals surface area (Å²) in [5.41, 5.74) is 0. The maximum absolute atomic E-state index is 12.5. The number of phosphoric acid groups is 1. The molecule has 0 radical (unpaired) electrons. The molecule has 0 saturated carbocycles. The number of ether oxygens (including phenoxy) is 2. The van der Waals surface area contributed by atoms with Gasteiger partial charge in [0.2, 0.25) is 0 Å². The minimum Gasteiger partial charge on any atom is -0.462 e.